The average Bonchev–Trinajstić information content (AvgIpc) is 2.99. The van der Waals surface area contributed by atoms with Gasteiger partial charge in [-0.2, -0.15) is 0 Å². The van der Waals surface area contributed by atoms with Crippen LogP contribution in [0, 0.1) is 46.3 Å². The van der Waals surface area contributed by atoms with E-state index >= 15 is 0 Å². The van der Waals surface area contributed by atoms with Crippen molar-refractivity contribution < 1.29 is 9.53 Å². The van der Waals surface area contributed by atoms with E-state index in [-0.39, 0.29) is 5.41 Å². The van der Waals surface area contributed by atoms with E-state index in [9.17, 15) is 4.79 Å². The number of fused-ring (bicyclic) bond motifs is 5. The highest BCUT2D eigenvalue weighted by Gasteiger charge is 2.61. The third-order valence-corrected chi connectivity index (χ3v) is 9.84. The molecule has 0 spiro atoms. The van der Waals surface area contributed by atoms with Gasteiger partial charge in [0.25, 0.3) is 0 Å². The fourth-order valence-electron chi connectivity index (χ4n) is 8.62. The van der Waals surface area contributed by atoms with E-state index in [1.54, 1.807) is 0 Å². The van der Waals surface area contributed by atoms with Crippen LogP contribution in [0.15, 0.2) is 0 Å². The molecule has 0 bridgehead atoms. The monoisotopic (exact) mass is 374 g/mol. The lowest BCUT2D eigenvalue weighted by Crippen LogP contribution is -2.56. The first-order valence-corrected chi connectivity index (χ1v) is 12.0. The van der Waals surface area contributed by atoms with Crippen LogP contribution in [-0.4, -0.2) is 19.0 Å². The second kappa shape index (κ2) is 7.47. The maximum Gasteiger partial charge on any atom is 0.133 e. The zero-order valence-corrected chi connectivity index (χ0v) is 18.3. The predicted octanol–water partition coefficient (Wildman–Crippen LogP) is 6.28. The molecule has 4 saturated carbocycles. The smallest absolute Gasteiger partial charge is 0.133 e. The Bertz CT molecular complexity index is 557. The summed E-state index contributed by atoms with van der Waals surface area (Å²) in [7, 11) is 0. The second-order valence-corrected chi connectivity index (χ2v) is 11.1. The number of ether oxygens (including phenoxy) is 1. The van der Waals surface area contributed by atoms with Crippen molar-refractivity contribution in [2.75, 3.05) is 13.2 Å². The quantitative estimate of drug-likeness (QED) is 0.530. The number of ketones is 1. The molecule has 2 nitrogen and oxygen atoms in total. The van der Waals surface area contributed by atoms with Gasteiger partial charge in [0.2, 0.25) is 0 Å². The van der Waals surface area contributed by atoms with Crippen LogP contribution in [0.5, 0.6) is 0 Å². The normalized spacial score (nSPS) is 49.2. The maximum atomic E-state index is 12.3. The molecule has 0 N–H and O–H groups in total. The lowest BCUT2D eigenvalue weighted by atomic mass is 9.44. The second-order valence-electron chi connectivity index (χ2n) is 11.1. The molecule has 8 unspecified atom stereocenters. The molecule has 0 aromatic rings. The summed E-state index contributed by atoms with van der Waals surface area (Å²) in [6.07, 6.45) is 13.3. The third-order valence-electron chi connectivity index (χ3n) is 9.84. The van der Waals surface area contributed by atoms with Gasteiger partial charge in [-0.1, -0.05) is 27.2 Å². The van der Waals surface area contributed by atoms with Gasteiger partial charge in [0.05, 0.1) is 6.61 Å². The van der Waals surface area contributed by atoms with Gasteiger partial charge in [-0.15, -0.1) is 0 Å². The van der Waals surface area contributed by atoms with Gasteiger partial charge in [0, 0.05) is 12.5 Å². The zero-order chi connectivity index (χ0) is 19.2. The molecule has 8 atom stereocenters. The number of Topliss-reactive ketones (excluding diaryl/α,β-unsaturated/α-hetero) is 1. The molecule has 4 aliphatic carbocycles. The van der Waals surface area contributed by atoms with Gasteiger partial charge >= 0.3 is 0 Å². The van der Waals surface area contributed by atoms with E-state index in [0.29, 0.717) is 17.1 Å². The molecule has 4 aliphatic rings. The highest BCUT2D eigenvalue weighted by atomic mass is 16.5. The fraction of sp³-hybridized carbons (Fsp3) is 0.960. The summed E-state index contributed by atoms with van der Waals surface area (Å²) in [6, 6.07) is 0. The third kappa shape index (κ3) is 3.13. The van der Waals surface area contributed by atoms with Crippen LogP contribution in [0.1, 0.15) is 91.9 Å². The molecule has 0 saturated heterocycles. The van der Waals surface area contributed by atoms with E-state index in [1.165, 1.54) is 51.4 Å². The van der Waals surface area contributed by atoms with Gasteiger partial charge in [0.1, 0.15) is 5.78 Å². The largest absolute Gasteiger partial charge is 0.381 e. The SMILES string of the molecule is CCCOCC12CCC(C)CC1CCC1C3CCC(C(C)=O)C3(C)CCC12. The Balaban J connectivity index is 1.61. The van der Waals surface area contributed by atoms with Crippen molar-refractivity contribution in [3.63, 3.8) is 0 Å². The van der Waals surface area contributed by atoms with Gasteiger partial charge in [-0.3, -0.25) is 4.79 Å². The van der Waals surface area contributed by atoms with E-state index in [1.807, 2.05) is 6.92 Å². The van der Waals surface area contributed by atoms with Crippen LogP contribution in [0.4, 0.5) is 0 Å². The van der Waals surface area contributed by atoms with Gasteiger partial charge in [-0.05, 0) is 105 Å². The van der Waals surface area contributed by atoms with Crippen molar-refractivity contribution in [1.29, 1.82) is 0 Å². The fourth-order valence-corrected chi connectivity index (χ4v) is 8.62. The van der Waals surface area contributed by atoms with Gasteiger partial charge < -0.3 is 4.74 Å². The molecule has 0 heterocycles. The number of hydrogen-bond donors (Lipinski definition) is 0. The molecule has 4 rings (SSSR count). The van der Waals surface area contributed by atoms with E-state index in [2.05, 4.69) is 20.8 Å². The van der Waals surface area contributed by atoms with Crippen molar-refractivity contribution in [2.45, 2.75) is 91.9 Å². The molecule has 2 heteroatoms. The van der Waals surface area contributed by atoms with Crippen molar-refractivity contribution in [1.82, 2.24) is 0 Å². The lowest BCUT2D eigenvalue weighted by Gasteiger charge is -2.62. The van der Waals surface area contributed by atoms with E-state index in [0.717, 1.165) is 55.6 Å². The molecule has 0 aliphatic heterocycles. The summed E-state index contributed by atoms with van der Waals surface area (Å²) >= 11 is 0. The molecular weight excluding hydrogens is 332 g/mol. The van der Waals surface area contributed by atoms with Gasteiger partial charge in [-0.25, -0.2) is 0 Å². The highest BCUT2D eigenvalue weighted by Crippen LogP contribution is 2.68. The molecule has 4 fully saturated rings. The zero-order valence-electron chi connectivity index (χ0n) is 18.3. The minimum atomic E-state index is 0.285. The van der Waals surface area contributed by atoms with Crippen molar-refractivity contribution in [3.05, 3.63) is 0 Å². The Hall–Kier alpha value is -0.370. The van der Waals surface area contributed by atoms with Gasteiger partial charge in [0.15, 0.2) is 0 Å². The summed E-state index contributed by atoms with van der Waals surface area (Å²) in [5, 5.41) is 0. The van der Waals surface area contributed by atoms with Crippen LogP contribution in [0.2, 0.25) is 0 Å². The van der Waals surface area contributed by atoms with Crippen LogP contribution < -0.4 is 0 Å². The molecular formula is C25H42O2. The number of carbonyl (C=O) groups excluding carboxylic acids is 1. The average molecular weight is 375 g/mol. The van der Waals surface area contributed by atoms with Crippen LogP contribution in [0.3, 0.4) is 0 Å². The van der Waals surface area contributed by atoms with Crippen molar-refractivity contribution in [2.24, 2.45) is 46.3 Å². The highest BCUT2D eigenvalue weighted by molar-refractivity contribution is 5.79. The predicted molar refractivity (Wildman–Crippen MR) is 110 cm³/mol. The summed E-state index contributed by atoms with van der Waals surface area (Å²) in [5.74, 6) is 5.06. The molecule has 0 amide bonds. The number of hydrogen-bond acceptors (Lipinski definition) is 2. The van der Waals surface area contributed by atoms with Crippen molar-refractivity contribution >= 4 is 5.78 Å². The summed E-state index contributed by atoms with van der Waals surface area (Å²) in [6.45, 7) is 11.0. The Kier molecular flexibility index (Phi) is 5.51. The Morgan fingerprint density at radius 2 is 1.85 bits per heavy atom. The molecule has 0 aromatic carbocycles. The Morgan fingerprint density at radius 1 is 1.04 bits per heavy atom. The maximum absolute atomic E-state index is 12.3. The van der Waals surface area contributed by atoms with Crippen molar-refractivity contribution in [3.8, 4) is 0 Å². The first-order valence-electron chi connectivity index (χ1n) is 12.0. The van der Waals surface area contributed by atoms with Crippen LogP contribution in [-0.2, 0) is 9.53 Å². The Labute approximate surface area is 167 Å². The molecule has 154 valence electrons. The topological polar surface area (TPSA) is 26.3 Å². The minimum Gasteiger partial charge on any atom is -0.381 e. The summed E-state index contributed by atoms with van der Waals surface area (Å²) in [5.41, 5.74) is 0.730. The number of carbonyl (C=O) groups is 1. The lowest BCUT2D eigenvalue weighted by molar-refractivity contribution is -0.158. The first kappa shape index (κ1) is 19.9. The van der Waals surface area contributed by atoms with Crippen LogP contribution in [0.25, 0.3) is 0 Å². The molecule has 0 aromatic heterocycles. The molecule has 27 heavy (non-hydrogen) atoms. The van der Waals surface area contributed by atoms with Crippen LogP contribution >= 0.6 is 0 Å². The summed E-state index contributed by atoms with van der Waals surface area (Å²) < 4.78 is 6.31. The Morgan fingerprint density at radius 3 is 2.59 bits per heavy atom. The first-order chi connectivity index (χ1) is 12.9. The van der Waals surface area contributed by atoms with E-state index < -0.39 is 0 Å². The van der Waals surface area contributed by atoms with E-state index in [4.69, 9.17) is 4.74 Å². The standard InChI is InChI=1S/C25H42O2/c1-5-14-27-16-25-13-10-17(2)15-19(25)6-7-20-22-9-8-21(18(3)26)24(22,4)12-11-23(20)25/h17,19-23H,5-16H2,1-4H3. The summed E-state index contributed by atoms with van der Waals surface area (Å²) in [4.78, 5) is 12.3. The molecule has 0 radical (unpaired) electrons. The minimum absolute atomic E-state index is 0.285. The number of rotatable bonds is 5.